The molecule has 6 heteroatoms. The van der Waals surface area contributed by atoms with Gasteiger partial charge in [0.2, 0.25) is 5.91 Å². The summed E-state index contributed by atoms with van der Waals surface area (Å²) in [4.78, 5) is 28.7. The summed E-state index contributed by atoms with van der Waals surface area (Å²) in [6.07, 6.45) is 8.06. The highest BCUT2D eigenvalue weighted by atomic mass is 16.2. The average Bonchev–Trinajstić information content (AvgIpc) is 3.30. The molecule has 2 amide bonds. The molecule has 0 radical (unpaired) electrons. The molecule has 0 spiro atoms. The van der Waals surface area contributed by atoms with Crippen LogP contribution in [-0.2, 0) is 17.8 Å². The molecule has 4 rings (SSSR count). The van der Waals surface area contributed by atoms with Crippen LogP contribution in [0.1, 0.15) is 48.2 Å². The molecule has 0 unspecified atom stereocenters. The molecular weight excluding hydrogens is 292 g/mol. The van der Waals surface area contributed by atoms with Gasteiger partial charge in [-0.1, -0.05) is 0 Å². The lowest BCUT2D eigenvalue weighted by Crippen LogP contribution is -2.50. The molecule has 124 valence electrons. The molecule has 0 N–H and O–H groups in total. The van der Waals surface area contributed by atoms with Crippen LogP contribution in [0.5, 0.6) is 0 Å². The minimum absolute atomic E-state index is 0.0856. The van der Waals surface area contributed by atoms with Crippen molar-refractivity contribution in [2.45, 2.75) is 45.1 Å². The maximum Gasteiger partial charge on any atom is 0.257 e. The molecule has 23 heavy (non-hydrogen) atoms. The van der Waals surface area contributed by atoms with Crippen molar-refractivity contribution in [3.05, 3.63) is 17.5 Å². The largest absolute Gasteiger partial charge is 0.339 e. The molecule has 3 heterocycles. The Bertz CT molecular complexity index is 612. The molecule has 0 bridgehead atoms. The summed E-state index contributed by atoms with van der Waals surface area (Å²) in [6, 6.07) is 0. The van der Waals surface area contributed by atoms with E-state index in [1.165, 1.54) is 12.8 Å². The van der Waals surface area contributed by atoms with Gasteiger partial charge in [-0.15, -0.1) is 0 Å². The Labute approximate surface area is 136 Å². The topological polar surface area (TPSA) is 58.4 Å². The first-order valence-electron chi connectivity index (χ1n) is 8.84. The van der Waals surface area contributed by atoms with E-state index in [4.69, 9.17) is 0 Å². The number of amides is 2. The van der Waals surface area contributed by atoms with E-state index in [-0.39, 0.29) is 11.8 Å². The Morgan fingerprint density at radius 1 is 1.04 bits per heavy atom. The van der Waals surface area contributed by atoms with E-state index in [2.05, 4.69) is 5.10 Å². The van der Waals surface area contributed by atoms with Crippen LogP contribution in [0.3, 0.4) is 0 Å². The lowest BCUT2D eigenvalue weighted by atomic mass is 10.1. The van der Waals surface area contributed by atoms with E-state index in [0.717, 1.165) is 37.1 Å². The molecule has 6 nitrogen and oxygen atoms in total. The van der Waals surface area contributed by atoms with E-state index in [1.54, 1.807) is 6.20 Å². The second-order valence-corrected chi connectivity index (χ2v) is 7.01. The van der Waals surface area contributed by atoms with Crippen LogP contribution in [0, 0.1) is 5.92 Å². The second kappa shape index (κ2) is 5.98. The van der Waals surface area contributed by atoms with E-state index >= 15 is 0 Å². The third kappa shape index (κ3) is 2.99. The fraction of sp³-hybridized carbons (Fsp3) is 0.706. The number of hydrogen-bond acceptors (Lipinski definition) is 3. The Morgan fingerprint density at radius 3 is 2.52 bits per heavy atom. The van der Waals surface area contributed by atoms with Gasteiger partial charge >= 0.3 is 0 Å². The number of rotatable bonds is 3. The SMILES string of the molecule is O=C(CC1CC1)N1CCN(C(=O)c2cnn3c2CCCC3)CC1. The van der Waals surface area contributed by atoms with Gasteiger partial charge in [0.25, 0.3) is 5.91 Å². The number of aryl methyl sites for hydroxylation is 1. The summed E-state index contributed by atoms with van der Waals surface area (Å²) in [6.45, 7) is 3.54. The third-order valence-electron chi connectivity index (χ3n) is 5.29. The van der Waals surface area contributed by atoms with Crippen molar-refractivity contribution >= 4 is 11.8 Å². The molecule has 1 aromatic rings. The number of aromatic nitrogens is 2. The van der Waals surface area contributed by atoms with Crippen molar-refractivity contribution in [3.63, 3.8) is 0 Å². The molecule has 2 fully saturated rings. The molecule has 0 atom stereocenters. The van der Waals surface area contributed by atoms with Crippen LogP contribution in [0.15, 0.2) is 6.20 Å². The van der Waals surface area contributed by atoms with Crippen molar-refractivity contribution in [1.29, 1.82) is 0 Å². The monoisotopic (exact) mass is 316 g/mol. The standard InChI is InChI=1S/C17H24N4O2/c22-16(11-13-4-5-13)19-7-9-20(10-8-19)17(23)14-12-18-21-6-2-1-3-15(14)21/h12-13H,1-11H2. The number of piperazine rings is 1. The fourth-order valence-electron chi connectivity index (χ4n) is 3.63. The highest BCUT2D eigenvalue weighted by Gasteiger charge is 2.31. The van der Waals surface area contributed by atoms with Gasteiger partial charge < -0.3 is 9.80 Å². The molecule has 1 aromatic heterocycles. The van der Waals surface area contributed by atoms with E-state index in [0.29, 0.717) is 38.5 Å². The van der Waals surface area contributed by atoms with Crippen molar-refractivity contribution in [2.24, 2.45) is 5.92 Å². The van der Waals surface area contributed by atoms with Crippen LogP contribution >= 0.6 is 0 Å². The summed E-state index contributed by atoms with van der Waals surface area (Å²) in [5.41, 5.74) is 1.86. The predicted molar refractivity (Wildman–Crippen MR) is 85.0 cm³/mol. The maximum atomic E-state index is 12.8. The van der Waals surface area contributed by atoms with Crippen LogP contribution in [-0.4, -0.2) is 57.6 Å². The quantitative estimate of drug-likeness (QED) is 0.845. The molecule has 1 aliphatic carbocycles. The second-order valence-electron chi connectivity index (χ2n) is 7.01. The first-order valence-corrected chi connectivity index (χ1v) is 8.84. The van der Waals surface area contributed by atoms with Crippen LogP contribution in [0.4, 0.5) is 0 Å². The summed E-state index contributed by atoms with van der Waals surface area (Å²) in [7, 11) is 0. The number of nitrogens with zero attached hydrogens (tertiary/aromatic N) is 4. The maximum absolute atomic E-state index is 12.8. The van der Waals surface area contributed by atoms with Gasteiger partial charge in [0.15, 0.2) is 0 Å². The number of hydrogen-bond donors (Lipinski definition) is 0. The summed E-state index contributed by atoms with van der Waals surface area (Å²) in [5, 5.41) is 4.36. The van der Waals surface area contributed by atoms with Crippen molar-refractivity contribution in [2.75, 3.05) is 26.2 Å². The summed E-state index contributed by atoms with van der Waals surface area (Å²) >= 11 is 0. The first kappa shape index (κ1) is 14.7. The molecule has 1 saturated carbocycles. The zero-order chi connectivity index (χ0) is 15.8. The first-order chi connectivity index (χ1) is 11.2. The lowest BCUT2D eigenvalue weighted by molar-refractivity contribution is -0.133. The minimum atomic E-state index is 0.0856. The molecule has 1 saturated heterocycles. The normalized spacial score (nSPS) is 21.2. The van der Waals surface area contributed by atoms with Gasteiger partial charge in [-0.25, -0.2) is 0 Å². The fourth-order valence-corrected chi connectivity index (χ4v) is 3.63. The molecule has 3 aliphatic rings. The third-order valence-corrected chi connectivity index (χ3v) is 5.29. The molecule has 0 aromatic carbocycles. The van der Waals surface area contributed by atoms with Gasteiger partial charge in [0.05, 0.1) is 17.5 Å². The smallest absolute Gasteiger partial charge is 0.257 e. The van der Waals surface area contributed by atoms with Crippen molar-refractivity contribution in [3.8, 4) is 0 Å². The zero-order valence-electron chi connectivity index (χ0n) is 13.5. The number of carbonyl (C=O) groups excluding carboxylic acids is 2. The average molecular weight is 316 g/mol. The van der Waals surface area contributed by atoms with E-state index < -0.39 is 0 Å². The van der Waals surface area contributed by atoms with Crippen LogP contribution in [0.2, 0.25) is 0 Å². The zero-order valence-corrected chi connectivity index (χ0v) is 13.5. The van der Waals surface area contributed by atoms with Crippen molar-refractivity contribution < 1.29 is 9.59 Å². The van der Waals surface area contributed by atoms with Gasteiger partial charge in [0, 0.05) is 39.1 Å². The van der Waals surface area contributed by atoms with Crippen LogP contribution < -0.4 is 0 Å². The Hall–Kier alpha value is -1.85. The summed E-state index contributed by atoms with van der Waals surface area (Å²) in [5.74, 6) is 0.978. The van der Waals surface area contributed by atoms with Crippen molar-refractivity contribution in [1.82, 2.24) is 19.6 Å². The van der Waals surface area contributed by atoms with E-state index in [9.17, 15) is 9.59 Å². The summed E-state index contributed by atoms with van der Waals surface area (Å²) < 4.78 is 1.98. The number of fused-ring (bicyclic) bond motifs is 1. The Kier molecular flexibility index (Phi) is 3.83. The van der Waals surface area contributed by atoms with E-state index in [1.807, 2.05) is 14.5 Å². The minimum Gasteiger partial charge on any atom is -0.339 e. The van der Waals surface area contributed by atoms with Gasteiger partial charge in [-0.05, 0) is 38.0 Å². The lowest BCUT2D eigenvalue weighted by Gasteiger charge is -2.35. The number of carbonyl (C=O) groups is 2. The van der Waals surface area contributed by atoms with Gasteiger partial charge in [-0.3, -0.25) is 14.3 Å². The predicted octanol–water partition coefficient (Wildman–Crippen LogP) is 1.30. The van der Waals surface area contributed by atoms with Gasteiger partial charge in [0.1, 0.15) is 0 Å². The molecular formula is C17H24N4O2. The van der Waals surface area contributed by atoms with Gasteiger partial charge in [-0.2, -0.15) is 5.10 Å². The highest BCUT2D eigenvalue weighted by molar-refractivity contribution is 5.95. The Balaban J connectivity index is 1.37. The van der Waals surface area contributed by atoms with Crippen LogP contribution in [0.25, 0.3) is 0 Å². The molecule has 2 aliphatic heterocycles. The Morgan fingerprint density at radius 2 is 1.78 bits per heavy atom. The highest BCUT2D eigenvalue weighted by Crippen LogP contribution is 2.33.